The zero-order chi connectivity index (χ0) is 12.1. The molecule has 1 aliphatic rings. The van der Waals surface area contributed by atoms with Crippen LogP contribution in [0.3, 0.4) is 0 Å². The number of nitrogens with zero attached hydrogens (tertiary/aromatic N) is 1. The number of nitrogens with two attached hydrogens (primary N) is 1. The second kappa shape index (κ2) is 6.18. The lowest BCUT2D eigenvalue weighted by Gasteiger charge is -2.31. The molecule has 94 valence electrons. The molecule has 1 aromatic rings. The van der Waals surface area contributed by atoms with Crippen LogP contribution in [0, 0.1) is 5.92 Å². The van der Waals surface area contributed by atoms with E-state index in [1.54, 1.807) is 0 Å². The molecule has 2 rings (SSSR count). The van der Waals surface area contributed by atoms with Gasteiger partial charge in [-0.1, -0.05) is 37.3 Å². The molecule has 0 aromatic heterocycles. The minimum absolute atomic E-state index is 0.188. The Morgan fingerprint density at radius 2 is 2.12 bits per heavy atom. The molecule has 2 atom stereocenters. The van der Waals surface area contributed by atoms with Gasteiger partial charge in [0.25, 0.3) is 0 Å². The first-order valence-electron chi connectivity index (χ1n) is 6.78. The van der Waals surface area contributed by atoms with Gasteiger partial charge in [-0.2, -0.15) is 0 Å². The number of rotatable bonds is 4. The zero-order valence-corrected chi connectivity index (χ0v) is 10.8. The summed E-state index contributed by atoms with van der Waals surface area (Å²) in [5.74, 6) is 0.858. The second-order valence-electron chi connectivity index (χ2n) is 5.35. The van der Waals surface area contributed by atoms with Crippen LogP contribution in [-0.4, -0.2) is 24.5 Å². The van der Waals surface area contributed by atoms with Gasteiger partial charge >= 0.3 is 0 Å². The van der Waals surface area contributed by atoms with Gasteiger partial charge < -0.3 is 10.6 Å². The van der Waals surface area contributed by atoms with Gasteiger partial charge in [-0.05, 0) is 43.8 Å². The van der Waals surface area contributed by atoms with Gasteiger partial charge in [-0.15, -0.1) is 0 Å². The third-order valence-corrected chi connectivity index (χ3v) is 3.73. The summed E-state index contributed by atoms with van der Waals surface area (Å²) in [7, 11) is 0. The Hall–Kier alpha value is -0.860. The van der Waals surface area contributed by atoms with Crippen molar-refractivity contribution in [1.82, 2.24) is 4.90 Å². The predicted molar refractivity (Wildman–Crippen MR) is 72.8 cm³/mol. The van der Waals surface area contributed by atoms with Crippen molar-refractivity contribution in [2.24, 2.45) is 11.7 Å². The van der Waals surface area contributed by atoms with Crippen LogP contribution in [-0.2, 0) is 0 Å². The molecule has 1 aliphatic heterocycles. The molecule has 0 bridgehead atoms. The highest BCUT2D eigenvalue weighted by Gasteiger charge is 2.16. The van der Waals surface area contributed by atoms with Gasteiger partial charge in [0, 0.05) is 12.6 Å². The van der Waals surface area contributed by atoms with E-state index in [2.05, 4.69) is 36.1 Å². The van der Waals surface area contributed by atoms with E-state index in [1.165, 1.54) is 31.5 Å². The van der Waals surface area contributed by atoms with Crippen LogP contribution in [0.5, 0.6) is 0 Å². The first kappa shape index (κ1) is 12.6. The van der Waals surface area contributed by atoms with Gasteiger partial charge in [0.15, 0.2) is 0 Å². The fraction of sp³-hybridized carbons (Fsp3) is 0.600. The summed E-state index contributed by atoms with van der Waals surface area (Å²) >= 11 is 0. The van der Waals surface area contributed by atoms with Gasteiger partial charge in [-0.25, -0.2) is 0 Å². The van der Waals surface area contributed by atoms with Crippen molar-refractivity contribution in [2.45, 2.75) is 32.2 Å². The summed E-state index contributed by atoms with van der Waals surface area (Å²) < 4.78 is 0. The molecule has 2 heteroatoms. The fourth-order valence-corrected chi connectivity index (χ4v) is 2.68. The fourth-order valence-electron chi connectivity index (χ4n) is 2.68. The van der Waals surface area contributed by atoms with E-state index in [1.807, 2.05) is 6.07 Å². The van der Waals surface area contributed by atoms with E-state index in [4.69, 9.17) is 5.73 Å². The predicted octanol–water partition coefficient (Wildman–Crippen LogP) is 2.81. The molecule has 2 N–H and O–H groups in total. The lowest BCUT2D eigenvalue weighted by atomic mass is 9.99. The van der Waals surface area contributed by atoms with E-state index < -0.39 is 0 Å². The molecule has 1 fully saturated rings. The maximum absolute atomic E-state index is 6.22. The molecule has 0 aliphatic carbocycles. The summed E-state index contributed by atoms with van der Waals surface area (Å²) in [5.41, 5.74) is 7.48. The largest absolute Gasteiger partial charge is 0.324 e. The molecular weight excluding hydrogens is 208 g/mol. The molecule has 0 saturated carbocycles. The van der Waals surface area contributed by atoms with Crippen molar-refractivity contribution >= 4 is 0 Å². The van der Waals surface area contributed by atoms with E-state index in [-0.39, 0.29) is 6.04 Å². The Bertz CT molecular complexity index is 323. The summed E-state index contributed by atoms with van der Waals surface area (Å²) in [4.78, 5) is 2.57. The molecule has 0 spiro atoms. The lowest BCUT2D eigenvalue weighted by molar-refractivity contribution is 0.178. The molecule has 2 nitrogen and oxygen atoms in total. The van der Waals surface area contributed by atoms with Crippen LogP contribution >= 0.6 is 0 Å². The van der Waals surface area contributed by atoms with Gasteiger partial charge in [0.05, 0.1) is 0 Å². The smallest absolute Gasteiger partial charge is 0.0307 e. The third-order valence-electron chi connectivity index (χ3n) is 3.73. The van der Waals surface area contributed by atoms with Crippen molar-refractivity contribution in [1.29, 1.82) is 0 Å². The molecule has 1 saturated heterocycles. The number of benzene rings is 1. The maximum atomic E-state index is 6.22. The van der Waals surface area contributed by atoms with Crippen molar-refractivity contribution in [3.8, 4) is 0 Å². The molecular formula is C15H24N2. The Kier molecular flexibility index (Phi) is 4.57. The number of hydrogen-bond acceptors (Lipinski definition) is 2. The van der Waals surface area contributed by atoms with Gasteiger partial charge in [0.2, 0.25) is 0 Å². The van der Waals surface area contributed by atoms with Crippen LogP contribution in [0.4, 0.5) is 0 Å². The Morgan fingerprint density at radius 3 is 2.82 bits per heavy atom. The topological polar surface area (TPSA) is 29.3 Å². The monoisotopic (exact) mass is 232 g/mol. The van der Waals surface area contributed by atoms with E-state index in [9.17, 15) is 0 Å². The molecule has 17 heavy (non-hydrogen) atoms. The molecule has 1 aromatic carbocycles. The summed E-state index contributed by atoms with van der Waals surface area (Å²) in [6.07, 6.45) is 3.81. The quantitative estimate of drug-likeness (QED) is 0.865. The molecule has 0 radical (unpaired) electrons. The van der Waals surface area contributed by atoms with Crippen molar-refractivity contribution in [3.63, 3.8) is 0 Å². The summed E-state index contributed by atoms with van der Waals surface area (Å²) in [5, 5.41) is 0. The number of likely N-dealkylation sites (tertiary alicyclic amines) is 1. The number of piperidine rings is 1. The first-order valence-corrected chi connectivity index (χ1v) is 6.78. The minimum atomic E-state index is 0.188. The highest BCUT2D eigenvalue weighted by molar-refractivity contribution is 5.18. The third kappa shape index (κ3) is 3.83. The van der Waals surface area contributed by atoms with E-state index in [0.29, 0.717) is 0 Å². The van der Waals surface area contributed by atoms with Crippen molar-refractivity contribution in [3.05, 3.63) is 35.9 Å². The summed E-state index contributed by atoms with van der Waals surface area (Å²) in [6.45, 7) is 6.00. The van der Waals surface area contributed by atoms with E-state index in [0.717, 1.165) is 18.9 Å². The normalized spacial score (nSPS) is 23.5. The standard InChI is InChI=1S/C15H24N2/c1-13-6-5-10-17(12-13)11-9-15(16)14-7-3-2-4-8-14/h2-4,7-8,13,15H,5-6,9-12,16H2,1H3/t13-,15+/m0/s1. The average Bonchev–Trinajstić information content (AvgIpc) is 2.37. The second-order valence-corrected chi connectivity index (χ2v) is 5.35. The molecule has 0 unspecified atom stereocenters. The summed E-state index contributed by atoms with van der Waals surface area (Å²) in [6, 6.07) is 10.6. The highest BCUT2D eigenvalue weighted by atomic mass is 15.1. The molecule has 1 heterocycles. The number of hydrogen-bond donors (Lipinski definition) is 1. The lowest BCUT2D eigenvalue weighted by Crippen LogP contribution is -2.36. The van der Waals surface area contributed by atoms with Crippen molar-refractivity contribution < 1.29 is 0 Å². The SMILES string of the molecule is C[C@H]1CCCN(CC[C@@H](N)c2ccccc2)C1. The van der Waals surface area contributed by atoms with E-state index >= 15 is 0 Å². The molecule has 0 amide bonds. The van der Waals surface area contributed by atoms with Gasteiger partial charge in [0.1, 0.15) is 0 Å². The minimum Gasteiger partial charge on any atom is -0.324 e. The first-order chi connectivity index (χ1) is 8.25. The van der Waals surface area contributed by atoms with Gasteiger partial charge in [-0.3, -0.25) is 0 Å². The maximum Gasteiger partial charge on any atom is 0.0307 e. The Labute approximate surface area is 105 Å². The highest BCUT2D eigenvalue weighted by Crippen LogP contribution is 2.18. The Morgan fingerprint density at radius 1 is 1.35 bits per heavy atom. The van der Waals surface area contributed by atoms with Crippen LogP contribution in [0.2, 0.25) is 0 Å². The van der Waals surface area contributed by atoms with Crippen LogP contribution in [0.1, 0.15) is 37.8 Å². The average molecular weight is 232 g/mol. The van der Waals surface area contributed by atoms with Crippen LogP contribution in [0.15, 0.2) is 30.3 Å². The zero-order valence-electron chi connectivity index (χ0n) is 10.8. The van der Waals surface area contributed by atoms with Crippen molar-refractivity contribution in [2.75, 3.05) is 19.6 Å². The Balaban J connectivity index is 1.78. The van der Waals surface area contributed by atoms with Crippen LogP contribution in [0.25, 0.3) is 0 Å². The van der Waals surface area contributed by atoms with Crippen LogP contribution < -0.4 is 5.73 Å².